The van der Waals surface area contributed by atoms with Gasteiger partial charge < -0.3 is 5.11 Å². The van der Waals surface area contributed by atoms with Crippen LogP contribution in [0.5, 0.6) is 5.75 Å². The number of carbonyl (C=O) groups excluding carboxylic acids is 1. The van der Waals surface area contributed by atoms with Crippen molar-refractivity contribution in [3.8, 4) is 5.75 Å². The molecule has 23 heavy (non-hydrogen) atoms. The van der Waals surface area contributed by atoms with Gasteiger partial charge in [-0.05, 0) is 22.1 Å². The number of rotatable bonds is 3. The van der Waals surface area contributed by atoms with Gasteiger partial charge in [0.15, 0.2) is 0 Å². The normalized spacial score (nSPS) is 12.0. The third kappa shape index (κ3) is 3.92. The highest BCUT2D eigenvalue weighted by Gasteiger charge is 2.24. The van der Waals surface area contributed by atoms with Gasteiger partial charge in [0.2, 0.25) is 5.75 Å². The van der Waals surface area contributed by atoms with E-state index in [0.29, 0.717) is 5.75 Å². The molecule has 0 heterocycles. The fourth-order valence-electron chi connectivity index (χ4n) is 2.60. The van der Waals surface area contributed by atoms with Crippen LogP contribution in [0, 0.1) is 0 Å². The maximum absolute atomic E-state index is 10.7. The average Bonchev–Trinajstić information content (AvgIpc) is 2.46. The summed E-state index contributed by atoms with van der Waals surface area (Å²) < 4.78 is 4.77. The van der Waals surface area contributed by atoms with E-state index in [0.717, 1.165) is 5.56 Å². The zero-order valence-electron chi connectivity index (χ0n) is 14.4. The predicted molar refractivity (Wildman–Crippen MR) is 93.3 cm³/mol. The van der Waals surface area contributed by atoms with Crippen LogP contribution in [0.4, 0.5) is 4.79 Å². The van der Waals surface area contributed by atoms with E-state index in [4.69, 9.17) is 9.84 Å². The van der Waals surface area contributed by atoms with Crippen LogP contribution in [0.1, 0.15) is 51.3 Å². The minimum Gasteiger partial charge on any atom is -0.535 e. The maximum Gasteiger partial charge on any atom is 0.731 e. The molecule has 0 spiro atoms. The SMILES string of the molecule is CC(C)(C)c1ccc(C(C)(C)c2ccc(OC(=O)[OH2+])cc2)cc1. The molecule has 0 saturated carbocycles. The molecule has 0 amide bonds. The van der Waals surface area contributed by atoms with Gasteiger partial charge in [-0.25, -0.2) is 0 Å². The second-order valence-corrected chi connectivity index (χ2v) is 7.37. The molecule has 122 valence electrons. The minimum absolute atomic E-state index is 0.143. The summed E-state index contributed by atoms with van der Waals surface area (Å²) in [7, 11) is 0. The van der Waals surface area contributed by atoms with E-state index >= 15 is 0 Å². The molecule has 0 bridgehead atoms. The third-order valence-corrected chi connectivity index (χ3v) is 4.26. The van der Waals surface area contributed by atoms with Gasteiger partial charge in [0.05, 0.1) is 0 Å². The Morgan fingerprint density at radius 1 is 0.783 bits per heavy atom. The van der Waals surface area contributed by atoms with Crippen molar-refractivity contribution in [2.45, 2.75) is 45.4 Å². The quantitative estimate of drug-likeness (QED) is 0.475. The summed E-state index contributed by atoms with van der Waals surface area (Å²) in [5.41, 5.74) is 3.67. The number of hydrogen-bond acceptors (Lipinski definition) is 2. The Morgan fingerprint density at radius 3 is 1.57 bits per heavy atom. The lowest BCUT2D eigenvalue weighted by atomic mass is 9.77. The van der Waals surface area contributed by atoms with Crippen LogP contribution in [0.3, 0.4) is 0 Å². The monoisotopic (exact) mass is 313 g/mol. The summed E-state index contributed by atoms with van der Waals surface area (Å²) in [5, 5.41) is 6.84. The van der Waals surface area contributed by atoms with E-state index in [1.54, 1.807) is 12.1 Å². The van der Waals surface area contributed by atoms with Gasteiger partial charge in [0, 0.05) is 22.3 Å². The van der Waals surface area contributed by atoms with Gasteiger partial charge in [-0.3, -0.25) is 4.74 Å². The number of hydrogen-bond donors (Lipinski definition) is 0. The van der Waals surface area contributed by atoms with Crippen molar-refractivity contribution in [3.63, 3.8) is 0 Å². The lowest BCUT2D eigenvalue weighted by Crippen LogP contribution is -2.19. The average molecular weight is 313 g/mol. The van der Waals surface area contributed by atoms with Crippen molar-refractivity contribution in [1.29, 1.82) is 0 Å². The Bertz CT molecular complexity index is 674. The van der Waals surface area contributed by atoms with Gasteiger partial charge >= 0.3 is 6.16 Å². The largest absolute Gasteiger partial charge is 0.731 e. The van der Waals surface area contributed by atoms with Crippen molar-refractivity contribution in [2.75, 3.05) is 0 Å². The van der Waals surface area contributed by atoms with Crippen molar-refractivity contribution in [3.05, 3.63) is 65.2 Å². The second-order valence-electron chi connectivity index (χ2n) is 7.37. The Kier molecular flexibility index (Phi) is 4.51. The first-order valence-electron chi connectivity index (χ1n) is 7.76. The Morgan fingerprint density at radius 2 is 1.17 bits per heavy atom. The molecule has 3 nitrogen and oxygen atoms in total. The second kappa shape index (κ2) is 6.07. The molecule has 2 aromatic carbocycles. The fraction of sp³-hybridized carbons (Fsp3) is 0.350. The summed E-state index contributed by atoms with van der Waals surface area (Å²) in [5.74, 6) is 0.396. The Labute approximate surface area is 137 Å². The number of carbonyl (C=O) groups is 1. The minimum atomic E-state index is -1.05. The molecule has 0 aliphatic carbocycles. The van der Waals surface area contributed by atoms with Crippen molar-refractivity contribution >= 4 is 6.16 Å². The molecule has 0 aromatic heterocycles. The lowest BCUT2D eigenvalue weighted by molar-refractivity contribution is 0.144. The van der Waals surface area contributed by atoms with Crippen molar-refractivity contribution < 1.29 is 14.6 Å². The first-order chi connectivity index (χ1) is 10.6. The van der Waals surface area contributed by atoms with Crippen LogP contribution >= 0.6 is 0 Å². The van der Waals surface area contributed by atoms with E-state index in [2.05, 4.69) is 58.9 Å². The Hall–Kier alpha value is -2.29. The molecule has 0 fully saturated rings. The van der Waals surface area contributed by atoms with E-state index in [9.17, 15) is 4.79 Å². The molecule has 2 rings (SSSR count). The van der Waals surface area contributed by atoms with Gasteiger partial charge in [-0.1, -0.05) is 71.0 Å². The summed E-state index contributed by atoms with van der Waals surface area (Å²) in [6.07, 6.45) is -1.05. The van der Waals surface area contributed by atoms with E-state index in [1.807, 2.05) is 12.1 Å². The van der Waals surface area contributed by atoms with Crippen LogP contribution < -0.4 is 4.74 Å². The lowest BCUT2D eigenvalue weighted by Gasteiger charge is -2.27. The third-order valence-electron chi connectivity index (χ3n) is 4.26. The number of benzene rings is 2. The summed E-state index contributed by atoms with van der Waals surface area (Å²) in [6, 6.07) is 16.1. The van der Waals surface area contributed by atoms with Crippen LogP contribution in [0.15, 0.2) is 48.5 Å². The maximum atomic E-state index is 10.7. The zero-order valence-corrected chi connectivity index (χ0v) is 14.4. The summed E-state index contributed by atoms with van der Waals surface area (Å²) in [6.45, 7) is 11.0. The molecular formula is C20H25O3+. The smallest absolute Gasteiger partial charge is 0.535 e. The first kappa shape index (κ1) is 17.1. The zero-order chi connectivity index (χ0) is 17.3. The summed E-state index contributed by atoms with van der Waals surface area (Å²) >= 11 is 0. The molecule has 0 aliphatic rings. The van der Waals surface area contributed by atoms with Gasteiger partial charge in [-0.2, -0.15) is 0 Å². The van der Waals surface area contributed by atoms with Crippen LogP contribution in [0.2, 0.25) is 0 Å². The highest BCUT2D eigenvalue weighted by Crippen LogP contribution is 2.33. The molecule has 2 N–H and O–H groups in total. The Balaban J connectivity index is 2.28. The van der Waals surface area contributed by atoms with E-state index < -0.39 is 6.16 Å². The molecule has 3 heteroatoms. The standard InChI is InChI=1S/C20H24O3/c1-19(2,3)14-6-8-15(9-7-14)20(4,5)16-10-12-17(13-11-16)23-18(21)22/h6-13H,1-5H3,(H,21,22)/p+1. The van der Waals surface area contributed by atoms with E-state index in [-0.39, 0.29) is 10.8 Å². The summed E-state index contributed by atoms with van der Waals surface area (Å²) in [4.78, 5) is 10.7. The van der Waals surface area contributed by atoms with E-state index in [1.165, 1.54) is 11.1 Å². The molecule has 0 radical (unpaired) electrons. The van der Waals surface area contributed by atoms with Crippen molar-refractivity contribution in [2.24, 2.45) is 0 Å². The van der Waals surface area contributed by atoms with Crippen LogP contribution in [-0.4, -0.2) is 11.3 Å². The highest BCUT2D eigenvalue weighted by atomic mass is 16.7. The number of ether oxygens (including phenoxy) is 1. The predicted octanol–water partition coefficient (Wildman–Crippen LogP) is 4.53. The molecule has 0 unspecified atom stereocenters. The van der Waals surface area contributed by atoms with Gasteiger partial charge in [0.25, 0.3) is 0 Å². The van der Waals surface area contributed by atoms with Crippen LogP contribution in [0.25, 0.3) is 0 Å². The molecule has 0 saturated heterocycles. The van der Waals surface area contributed by atoms with Gasteiger partial charge in [-0.15, -0.1) is 0 Å². The molecule has 0 aliphatic heterocycles. The first-order valence-corrected chi connectivity index (χ1v) is 7.76. The van der Waals surface area contributed by atoms with Crippen LogP contribution in [-0.2, 0) is 10.8 Å². The van der Waals surface area contributed by atoms with Gasteiger partial charge in [0.1, 0.15) is 0 Å². The molecule has 0 atom stereocenters. The topological polar surface area (TPSA) is 49.2 Å². The molecular weight excluding hydrogens is 288 g/mol. The van der Waals surface area contributed by atoms with Crippen molar-refractivity contribution in [1.82, 2.24) is 0 Å². The highest BCUT2D eigenvalue weighted by molar-refractivity contribution is 5.61. The fourth-order valence-corrected chi connectivity index (χ4v) is 2.60. The molecule has 2 aromatic rings.